The maximum absolute atomic E-state index is 9.66. The number of hydrogen-bond acceptors (Lipinski definition) is 5. The summed E-state index contributed by atoms with van der Waals surface area (Å²) in [7, 11) is 0. The van der Waals surface area contributed by atoms with Crippen molar-refractivity contribution in [3.63, 3.8) is 0 Å². The monoisotopic (exact) mass is 348 g/mol. The number of piperidine rings is 1. The predicted molar refractivity (Wildman–Crippen MR) is 98.6 cm³/mol. The minimum Gasteiger partial charge on any atom is -0.492 e. The van der Waals surface area contributed by atoms with Crippen LogP contribution in [-0.2, 0) is 13.1 Å². The molecule has 4 rings (SSSR count). The van der Waals surface area contributed by atoms with E-state index in [9.17, 15) is 5.11 Å². The fourth-order valence-corrected chi connectivity index (χ4v) is 5.28. The Hall–Kier alpha value is -0.750. The molecule has 0 radical (unpaired) electrons. The third-order valence-corrected chi connectivity index (χ3v) is 6.66. The van der Waals surface area contributed by atoms with Crippen molar-refractivity contribution in [2.45, 2.75) is 44.5 Å². The molecule has 4 nitrogen and oxygen atoms in total. The first kappa shape index (κ1) is 16.7. The number of hydrogen-bond donors (Lipinski definition) is 1. The van der Waals surface area contributed by atoms with Crippen LogP contribution in [0.15, 0.2) is 18.2 Å². The fourth-order valence-electron chi connectivity index (χ4n) is 4.02. The van der Waals surface area contributed by atoms with E-state index in [-0.39, 0.29) is 6.10 Å². The van der Waals surface area contributed by atoms with Gasteiger partial charge in [-0.05, 0) is 42.7 Å². The Bertz CT molecular complexity index is 554. The summed E-state index contributed by atoms with van der Waals surface area (Å²) >= 11 is 2.08. The molecule has 0 saturated carbocycles. The highest BCUT2D eigenvalue weighted by atomic mass is 32.2. The van der Waals surface area contributed by atoms with Gasteiger partial charge in [0.15, 0.2) is 0 Å². The molecule has 0 bridgehead atoms. The predicted octanol–water partition coefficient (Wildman–Crippen LogP) is 2.34. The molecule has 3 heterocycles. The van der Waals surface area contributed by atoms with Gasteiger partial charge in [0.1, 0.15) is 12.4 Å². The summed E-state index contributed by atoms with van der Waals surface area (Å²) in [5.74, 6) is 3.64. The van der Waals surface area contributed by atoms with Crippen LogP contribution in [0, 0.1) is 0 Å². The molecule has 1 atom stereocenters. The molecule has 0 amide bonds. The van der Waals surface area contributed by atoms with E-state index >= 15 is 0 Å². The lowest BCUT2D eigenvalue weighted by atomic mass is 10.0. The van der Waals surface area contributed by atoms with Crippen molar-refractivity contribution in [3.8, 4) is 5.75 Å². The summed E-state index contributed by atoms with van der Waals surface area (Å²) in [6, 6.07) is 7.44. The smallest absolute Gasteiger partial charge is 0.123 e. The Labute approximate surface area is 149 Å². The van der Waals surface area contributed by atoms with Gasteiger partial charge >= 0.3 is 0 Å². The van der Waals surface area contributed by atoms with Gasteiger partial charge in [0.2, 0.25) is 0 Å². The number of ether oxygens (including phenoxy) is 1. The first-order valence-corrected chi connectivity index (χ1v) is 10.4. The highest BCUT2D eigenvalue weighted by Crippen LogP contribution is 2.29. The van der Waals surface area contributed by atoms with Gasteiger partial charge in [-0.1, -0.05) is 6.07 Å². The van der Waals surface area contributed by atoms with Gasteiger partial charge in [0.05, 0.1) is 6.10 Å². The minimum atomic E-state index is -0.0977. The molecule has 0 aliphatic carbocycles. The van der Waals surface area contributed by atoms with Gasteiger partial charge in [0.25, 0.3) is 0 Å². The standard InChI is InChI=1S/C19H28N2O2S/c22-18-3-6-20(7-4-18)12-15-1-2-19-16(11-15)13-21(8-9-23-19)17-5-10-24-14-17/h1-2,11,17-18,22H,3-10,12-14H2. The Morgan fingerprint density at radius 2 is 2.04 bits per heavy atom. The van der Waals surface area contributed by atoms with Crippen LogP contribution in [0.5, 0.6) is 5.75 Å². The first-order chi connectivity index (χ1) is 11.8. The van der Waals surface area contributed by atoms with Gasteiger partial charge in [0, 0.05) is 50.1 Å². The molecule has 132 valence electrons. The number of aliphatic hydroxyl groups is 1. The quantitative estimate of drug-likeness (QED) is 0.907. The van der Waals surface area contributed by atoms with Crippen LogP contribution in [0.4, 0.5) is 0 Å². The van der Waals surface area contributed by atoms with Gasteiger partial charge in [-0.25, -0.2) is 0 Å². The molecule has 1 aromatic rings. The highest BCUT2D eigenvalue weighted by molar-refractivity contribution is 7.99. The van der Waals surface area contributed by atoms with Gasteiger partial charge in [-0.2, -0.15) is 11.8 Å². The summed E-state index contributed by atoms with van der Waals surface area (Å²) in [6.45, 7) is 5.85. The second kappa shape index (κ2) is 7.65. The summed E-state index contributed by atoms with van der Waals surface area (Å²) in [5.41, 5.74) is 2.72. The largest absolute Gasteiger partial charge is 0.492 e. The van der Waals surface area contributed by atoms with E-state index in [2.05, 4.69) is 39.8 Å². The molecule has 2 fully saturated rings. The lowest BCUT2D eigenvalue weighted by Gasteiger charge is -2.29. The van der Waals surface area contributed by atoms with Gasteiger partial charge < -0.3 is 9.84 Å². The fraction of sp³-hybridized carbons (Fsp3) is 0.684. The van der Waals surface area contributed by atoms with Crippen molar-refractivity contribution in [1.82, 2.24) is 9.80 Å². The molecular weight excluding hydrogens is 320 g/mol. The van der Waals surface area contributed by atoms with E-state index < -0.39 is 0 Å². The maximum atomic E-state index is 9.66. The molecule has 24 heavy (non-hydrogen) atoms. The number of thioether (sulfide) groups is 1. The zero-order chi connectivity index (χ0) is 16.4. The van der Waals surface area contributed by atoms with Crippen LogP contribution in [-0.4, -0.2) is 64.8 Å². The summed E-state index contributed by atoms with van der Waals surface area (Å²) in [5, 5.41) is 9.66. The molecule has 1 aromatic carbocycles. The van der Waals surface area contributed by atoms with Crippen molar-refractivity contribution in [2.24, 2.45) is 0 Å². The number of likely N-dealkylation sites (tertiary alicyclic amines) is 1. The van der Waals surface area contributed by atoms with Crippen LogP contribution in [0.2, 0.25) is 0 Å². The first-order valence-electron chi connectivity index (χ1n) is 9.25. The van der Waals surface area contributed by atoms with Crippen LogP contribution in [0.25, 0.3) is 0 Å². The lowest BCUT2D eigenvalue weighted by molar-refractivity contribution is 0.0792. The molecule has 2 saturated heterocycles. The van der Waals surface area contributed by atoms with Crippen molar-refractivity contribution in [3.05, 3.63) is 29.3 Å². The lowest BCUT2D eigenvalue weighted by Crippen LogP contribution is -2.36. The Morgan fingerprint density at radius 3 is 2.83 bits per heavy atom. The van der Waals surface area contributed by atoms with Gasteiger partial charge in [-0.15, -0.1) is 0 Å². The number of rotatable bonds is 3. The molecule has 0 aromatic heterocycles. The molecule has 5 heteroatoms. The maximum Gasteiger partial charge on any atom is 0.123 e. The number of fused-ring (bicyclic) bond motifs is 1. The molecule has 3 aliphatic heterocycles. The molecule has 0 spiro atoms. The summed E-state index contributed by atoms with van der Waals surface area (Å²) in [4.78, 5) is 5.07. The minimum absolute atomic E-state index is 0.0977. The van der Waals surface area contributed by atoms with E-state index in [1.165, 1.54) is 29.1 Å². The third kappa shape index (κ3) is 3.90. The van der Waals surface area contributed by atoms with E-state index in [1.807, 2.05) is 0 Å². The van der Waals surface area contributed by atoms with Crippen molar-refractivity contribution < 1.29 is 9.84 Å². The second-order valence-corrected chi connectivity index (χ2v) is 8.44. The van der Waals surface area contributed by atoms with Crippen LogP contribution < -0.4 is 4.74 Å². The van der Waals surface area contributed by atoms with Crippen LogP contribution in [0.1, 0.15) is 30.4 Å². The zero-order valence-corrected chi connectivity index (χ0v) is 15.1. The normalized spacial score (nSPS) is 26.8. The van der Waals surface area contributed by atoms with Crippen molar-refractivity contribution in [1.29, 1.82) is 0 Å². The van der Waals surface area contributed by atoms with E-state index in [0.29, 0.717) is 0 Å². The van der Waals surface area contributed by atoms with Crippen LogP contribution >= 0.6 is 11.8 Å². The van der Waals surface area contributed by atoms with Crippen molar-refractivity contribution >= 4 is 11.8 Å². The SMILES string of the molecule is OC1CCN(Cc2ccc3c(c2)CN(C2CCSC2)CCO3)CC1. The molecule has 1 N–H and O–H groups in total. The Balaban J connectivity index is 1.45. The number of benzene rings is 1. The van der Waals surface area contributed by atoms with E-state index in [1.54, 1.807) is 0 Å². The number of nitrogens with zero attached hydrogens (tertiary/aromatic N) is 2. The average molecular weight is 349 g/mol. The Kier molecular flexibility index (Phi) is 5.32. The molecule has 3 aliphatic rings. The van der Waals surface area contributed by atoms with Crippen LogP contribution in [0.3, 0.4) is 0 Å². The Morgan fingerprint density at radius 1 is 1.17 bits per heavy atom. The van der Waals surface area contributed by atoms with E-state index in [0.717, 1.165) is 64.0 Å². The third-order valence-electron chi connectivity index (χ3n) is 5.52. The second-order valence-electron chi connectivity index (χ2n) is 7.29. The van der Waals surface area contributed by atoms with E-state index in [4.69, 9.17) is 4.74 Å². The summed E-state index contributed by atoms with van der Waals surface area (Å²) in [6.07, 6.45) is 3.03. The highest BCUT2D eigenvalue weighted by Gasteiger charge is 2.26. The average Bonchev–Trinajstić information content (AvgIpc) is 3.04. The molecule has 1 unspecified atom stereocenters. The zero-order valence-electron chi connectivity index (χ0n) is 14.3. The van der Waals surface area contributed by atoms with Gasteiger partial charge in [-0.3, -0.25) is 9.80 Å². The number of aliphatic hydroxyl groups excluding tert-OH is 1. The van der Waals surface area contributed by atoms with Crippen molar-refractivity contribution in [2.75, 3.05) is 37.7 Å². The summed E-state index contributed by atoms with van der Waals surface area (Å²) < 4.78 is 6.00. The molecular formula is C19H28N2O2S. The topological polar surface area (TPSA) is 35.9 Å².